The normalized spacial score (nSPS) is 14.8. The number of hydrogen-bond donors (Lipinski definition) is 0. The zero-order valence-electron chi connectivity index (χ0n) is 48.2. The highest BCUT2D eigenvalue weighted by atomic mass is 15.4. The quantitative estimate of drug-likeness (QED) is 0.144. The molecule has 3 aliphatic rings. The van der Waals surface area contributed by atoms with Crippen molar-refractivity contribution in [1.82, 2.24) is 15.0 Å². The van der Waals surface area contributed by atoms with Gasteiger partial charge in [0, 0.05) is 27.9 Å². The Balaban J connectivity index is 0.865. The lowest BCUT2D eigenvalue weighted by atomic mass is 9.76. The molecule has 0 fully saturated rings. The van der Waals surface area contributed by atoms with Crippen LogP contribution in [0.4, 0.5) is 23.0 Å². The number of anilines is 4. The van der Waals surface area contributed by atoms with Crippen molar-refractivity contribution in [3.8, 4) is 78.4 Å². The predicted octanol–water partition coefficient (Wildman–Crippen LogP) is 20.8. The van der Waals surface area contributed by atoms with Crippen LogP contribution in [0.3, 0.4) is 0 Å². The van der Waals surface area contributed by atoms with Crippen molar-refractivity contribution in [2.45, 2.75) is 38.6 Å². The first-order valence-corrected chi connectivity index (χ1v) is 29.8. The smallest absolute Gasteiger partial charge is 0.234 e. The molecule has 2 aliphatic carbocycles. The number of benzene rings is 12. The fraction of sp³-hybridized carbons (Fsp3) is 0.0741. The second kappa shape index (κ2) is 20.5. The van der Waals surface area contributed by atoms with Crippen molar-refractivity contribution >= 4 is 50.1 Å². The van der Waals surface area contributed by atoms with Crippen molar-refractivity contribution in [2.75, 3.05) is 9.80 Å². The lowest BCUT2D eigenvalue weighted by Crippen LogP contribution is -2.46. The minimum Gasteiger partial charge on any atom is -0.310 e. The third-order valence-corrected chi connectivity index (χ3v) is 18.1. The molecule has 0 saturated carbocycles. The molecular formula is C81H59N5. The van der Waals surface area contributed by atoms with Crippen molar-refractivity contribution in [3.63, 3.8) is 0 Å². The van der Waals surface area contributed by atoms with Crippen LogP contribution < -0.4 is 9.80 Å². The molecule has 0 N–H and O–H groups in total. The maximum absolute atomic E-state index is 5.65. The van der Waals surface area contributed by atoms with Gasteiger partial charge in [-0.25, -0.2) is 4.98 Å². The Morgan fingerprint density at radius 3 is 1.45 bits per heavy atom. The first kappa shape index (κ1) is 50.9. The number of fused-ring (bicyclic) bond motifs is 6. The van der Waals surface area contributed by atoms with Gasteiger partial charge < -0.3 is 4.90 Å². The van der Waals surface area contributed by atoms with Gasteiger partial charge in [-0.15, -0.1) is 0 Å². The van der Waals surface area contributed by atoms with Crippen LogP contribution >= 0.6 is 0 Å². The topological polar surface area (TPSA) is 45.2 Å². The zero-order chi connectivity index (χ0) is 57.5. The SMILES string of the molecule is Cc1cccc(-c2nc(-c3cccc(-c4cc(-c5cccc(-c6cccc7ccccc67)c5)cc(-c5cccc(-c6cccc7ccccc67)c5)c4)c3)nc(N3c4ccccc4N(c4ccccc4)C4=CC5=C(CC43)C(C)(C)c3ccccc35)n2)c1. The van der Waals surface area contributed by atoms with E-state index in [1.165, 1.54) is 71.8 Å². The van der Waals surface area contributed by atoms with Gasteiger partial charge in [-0.3, -0.25) is 4.90 Å². The molecule has 13 aromatic rings. The van der Waals surface area contributed by atoms with Gasteiger partial charge in [-0.05, 0) is 186 Å². The lowest BCUT2D eigenvalue weighted by molar-refractivity contribution is 0.566. The number of allylic oxidation sites excluding steroid dienone is 2. The minimum absolute atomic E-state index is 0.149. The summed E-state index contributed by atoms with van der Waals surface area (Å²) >= 11 is 0. The van der Waals surface area contributed by atoms with E-state index in [0.717, 1.165) is 73.6 Å². The Labute approximate surface area is 502 Å². The molecule has 86 heavy (non-hydrogen) atoms. The largest absolute Gasteiger partial charge is 0.310 e. The molecule has 2 heterocycles. The Hall–Kier alpha value is -10.8. The summed E-state index contributed by atoms with van der Waals surface area (Å²) in [5.74, 6) is 1.83. The van der Waals surface area contributed by atoms with Crippen LogP contribution in [-0.4, -0.2) is 21.0 Å². The number of para-hydroxylation sites is 3. The van der Waals surface area contributed by atoms with Gasteiger partial charge >= 0.3 is 0 Å². The molecular weight excluding hydrogens is 1040 g/mol. The predicted molar refractivity (Wildman–Crippen MR) is 358 cm³/mol. The molecule has 408 valence electrons. The summed E-state index contributed by atoms with van der Waals surface area (Å²) < 4.78 is 0. The van der Waals surface area contributed by atoms with E-state index in [0.29, 0.717) is 17.6 Å². The van der Waals surface area contributed by atoms with Crippen LogP contribution in [0.5, 0.6) is 0 Å². The zero-order valence-corrected chi connectivity index (χ0v) is 48.2. The monoisotopic (exact) mass is 1100 g/mol. The summed E-state index contributed by atoms with van der Waals surface area (Å²) in [5, 5.41) is 4.92. The molecule has 1 unspecified atom stereocenters. The fourth-order valence-electron chi connectivity index (χ4n) is 13.9. The molecule has 1 aliphatic heterocycles. The first-order valence-electron chi connectivity index (χ1n) is 29.8. The van der Waals surface area contributed by atoms with Crippen LogP contribution in [0.2, 0.25) is 0 Å². The van der Waals surface area contributed by atoms with Crippen molar-refractivity contribution in [3.05, 3.63) is 313 Å². The van der Waals surface area contributed by atoms with Gasteiger partial charge in [0.2, 0.25) is 5.95 Å². The molecule has 0 saturated heterocycles. The second-order valence-electron chi connectivity index (χ2n) is 23.6. The maximum atomic E-state index is 5.65. The van der Waals surface area contributed by atoms with E-state index in [1.807, 2.05) is 0 Å². The van der Waals surface area contributed by atoms with E-state index >= 15 is 0 Å². The van der Waals surface area contributed by atoms with Crippen molar-refractivity contribution < 1.29 is 0 Å². The average molecular weight is 1100 g/mol. The summed E-state index contributed by atoms with van der Waals surface area (Å²) in [5.41, 5.74) is 24.1. The van der Waals surface area contributed by atoms with Crippen LogP contribution in [0.1, 0.15) is 37.0 Å². The van der Waals surface area contributed by atoms with E-state index in [4.69, 9.17) is 15.0 Å². The molecule has 16 rings (SSSR count). The molecule has 5 heteroatoms. The standard InChI is InChI=1S/C81H59N5/c1-52-21-15-31-60(43-52)78-82-79(84-80(83-78)86-75-42-14-13-41-74(75)85(65-33-5-4-6-34-65)76-50-71-70-37-11-12-40-72(70)81(2,3)73(71)51-77(76)86)61-32-18-28-57(46-61)64-48-62(55-26-16-29-58(44-55)68-38-19-24-53-22-7-9-35-66(53)68)47-63(49-64)56-27-17-30-59(45-56)69-39-20-25-54-23-8-10-36-67(54)69/h4-50,77H,51H2,1-3H3. The van der Waals surface area contributed by atoms with Crippen LogP contribution in [0.15, 0.2) is 296 Å². The van der Waals surface area contributed by atoms with E-state index < -0.39 is 0 Å². The van der Waals surface area contributed by atoms with Gasteiger partial charge in [0.15, 0.2) is 11.6 Å². The number of nitrogens with zero attached hydrogens (tertiary/aromatic N) is 5. The second-order valence-corrected chi connectivity index (χ2v) is 23.6. The minimum atomic E-state index is -0.179. The highest BCUT2D eigenvalue weighted by Gasteiger charge is 2.47. The number of aromatic nitrogens is 3. The van der Waals surface area contributed by atoms with Gasteiger partial charge in [0.1, 0.15) is 0 Å². The summed E-state index contributed by atoms with van der Waals surface area (Å²) in [4.78, 5) is 21.5. The molecule has 0 radical (unpaired) electrons. The van der Waals surface area contributed by atoms with Gasteiger partial charge in [-0.1, -0.05) is 232 Å². The molecule has 1 atom stereocenters. The summed E-state index contributed by atoms with van der Waals surface area (Å²) in [6.07, 6.45) is 3.24. The van der Waals surface area contributed by atoms with E-state index in [9.17, 15) is 0 Å². The number of hydrogen-bond acceptors (Lipinski definition) is 5. The van der Waals surface area contributed by atoms with Gasteiger partial charge in [0.05, 0.1) is 17.4 Å². The Morgan fingerprint density at radius 1 is 0.384 bits per heavy atom. The number of aryl methyl sites for hydroxylation is 1. The highest BCUT2D eigenvalue weighted by molar-refractivity contribution is 6.00. The Kier molecular flexibility index (Phi) is 12.2. The summed E-state index contributed by atoms with van der Waals surface area (Å²) in [7, 11) is 0. The average Bonchev–Trinajstić information content (AvgIpc) is 1.50. The molecule has 0 bridgehead atoms. The third-order valence-electron chi connectivity index (χ3n) is 18.1. The Morgan fingerprint density at radius 2 is 0.837 bits per heavy atom. The first-order chi connectivity index (χ1) is 42.3. The highest BCUT2D eigenvalue weighted by Crippen LogP contribution is 2.57. The molecule has 12 aromatic carbocycles. The van der Waals surface area contributed by atoms with Crippen LogP contribution in [0, 0.1) is 6.92 Å². The maximum Gasteiger partial charge on any atom is 0.234 e. The van der Waals surface area contributed by atoms with E-state index in [1.54, 1.807) is 0 Å². The molecule has 0 spiro atoms. The van der Waals surface area contributed by atoms with Gasteiger partial charge in [0.25, 0.3) is 0 Å². The molecule has 5 nitrogen and oxygen atoms in total. The molecule has 0 amide bonds. The van der Waals surface area contributed by atoms with Crippen molar-refractivity contribution in [1.29, 1.82) is 0 Å². The van der Waals surface area contributed by atoms with Gasteiger partial charge in [-0.2, -0.15) is 9.97 Å². The van der Waals surface area contributed by atoms with Crippen LogP contribution in [-0.2, 0) is 5.41 Å². The molecule has 1 aromatic heterocycles. The number of rotatable bonds is 9. The van der Waals surface area contributed by atoms with E-state index in [2.05, 4.69) is 316 Å². The van der Waals surface area contributed by atoms with Crippen LogP contribution in [0.25, 0.3) is 106 Å². The fourth-order valence-corrected chi connectivity index (χ4v) is 13.9. The summed E-state index contributed by atoms with van der Waals surface area (Å²) in [6.45, 7) is 6.90. The summed E-state index contributed by atoms with van der Waals surface area (Å²) in [6, 6.07) is 101. The third kappa shape index (κ3) is 8.73. The Bertz CT molecular complexity index is 4780. The van der Waals surface area contributed by atoms with Crippen molar-refractivity contribution in [2.24, 2.45) is 0 Å². The van der Waals surface area contributed by atoms with E-state index in [-0.39, 0.29) is 11.5 Å². The lowest BCUT2D eigenvalue weighted by Gasteiger charge is -2.47.